The van der Waals surface area contributed by atoms with Crippen LogP contribution in [-0.2, 0) is 9.59 Å². The lowest BCUT2D eigenvalue weighted by Crippen LogP contribution is -2.58. The van der Waals surface area contributed by atoms with Gasteiger partial charge in [-0.3, -0.25) is 9.59 Å². The molecule has 2 rings (SSSR count). The fourth-order valence-corrected chi connectivity index (χ4v) is 3.97. The lowest BCUT2D eigenvalue weighted by atomic mass is 9.75. The number of carbonyl (C=O) groups excluding carboxylic acids is 1. The first-order valence-electron chi connectivity index (χ1n) is 7.92. The van der Waals surface area contributed by atoms with E-state index >= 15 is 0 Å². The summed E-state index contributed by atoms with van der Waals surface area (Å²) in [5.74, 6) is -1.34. The van der Waals surface area contributed by atoms with E-state index < -0.39 is 11.9 Å². The maximum Gasteiger partial charge on any atom is 0.307 e. The molecule has 2 aliphatic rings. The number of amides is 1. The minimum atomic E-state index is -0.822. The van der Waals surface area contributed by atoms with Crippen LogP contribution < -0.4 is 0 Å². The van der Waals surface area contributed by atoms with Gasteiger partial charge < -0.3 is 14.9 Å². The van der Waals surface area contributed by atoms with Crippen LogP contribution in [0.25, 0.3) is 0 Å². The minimum absolute atomic E-state index is 0.0138. The Morgan fingerprint density at radius 2 is 1.71 bits per heavy atom. The molecule has 2 aliphatic carbocycles. The van der Waals surface area contributed by atoms with Crippen LogP contribution in [0.3, 0.4) is 0 Å². The van der Waals surface area contributed by atoms with Gasteiger partial charge in [0, 0.05) is 19.1 Å². The summed E-state index contributed by atoms with van der Waals surface area (Å²) in [6.45, 7) is 2.74. The number of hydrogen-bond acceptors (Lipinski definition) is 3. The number of aliphatic carboxylic acids is 1. The van der Waals surface area contributed by atoms with Gasteiger partial charge in [0.2, 0.25) is 5.91 Å². The molecule has 0 heterocycles. The maximum atomic E-state index is 12.7. The first-order chi connectivity index (χ1) is 9.77. The van der Waals surface area contributed by atoms with E-state index in [9.17, 15) is 14.7 Å². The highest BCUT2D eigenvalue weighted by Gasteiger charge is 2.45. The van der Waals surface area contributed by atoms with Gasteiger partial charge in [0.05, 0.1) is 11.8 Å². The van der Waals surface area contributed by atoms with Crippen molar-refractivity contribution in [2.24, 2.45) is 17.8 Å². The predicted molar refractivity (Wildman–Crippen MR) is 80.9 cm³/mol. The number of hydrogen-bond donors (Lipinski definition) is 1. The monoisotopic (exact) mass is 296 g/mol. The number of carboxylic acid groups (broad SMARTS) is 1. The summed E-state index contributed by atoms with van der Waals surface area (Å²) in [7, 11) is 5.96. The summed E-state index contributed by atoms with van der Waals surface area (Å²) < 4.78 is 0. The molecule has 0 aromatic heterocycles. The van der Waals surface area contributed by atoms with Crippen LogP contribution in [0.1, 0.15) is 39.0 Å². The average Bonchev–Trinajstić information content (AvgIpc) is 2.74. The largest absolute Gasteiger partial charge is 0.481 e. The van der Waals surface area contributed by atoms with Crippen LogP contribution in [0.2, 0.25) is 0 Å². The second-order valence-corrected chi connectivity index (χ2v) is 7.29. The first kappa shape index (κ1) is 16.3. The molecule has 1 amide bonds. The van der Waals surface area contributed by atoms with Crippen molar-refractivity contribution in [2.45, 2.75) is 44.6 Å². The van der Waals surface area contributed by atoms with E-state index in [0.29, 0.717) is 25.3 Å². The van der Waals surface area contributed by atoms with Crippen molar-refractivity contribution in [1.29, 1.82) is 0 Å². The van der Waals surface area contributed by atoms with E-state index in [1.165, 1.54) is 6.42 Å². The third-order valence-electron chi connectivity index (χ3n) is 5.57. The molecule has 3 atom stereocenters. The minimum Gasteiger partial charge on any atom is -0.481 e. The molecule has 21 heavy (non-hydrogen) atoms. The van der Waals surface area contributed by atoms with Crippen molar-refractivity contribution < 1.29 is 14.7 Å². The molecule has 5 nitrogen and oxygen atoms in total. The number of likely N-dealkylation sites (N-methyl/N-ethyl adjacent to an activating group) is 2. The maximum absolute atomic E-state index is 12.7. The van der Waals surface area contributed by atoms with Gasteiger partial charge in [-0.2, -0.15) is 0 Å². The summed E-state index contributed by atoms with van der Waals surface area (Å²) >= 11 is 0. The van der Waals surface area contributed by atoms with Crippen LogP contribution >= 0.6 is 0 Å². The third kappa shape index (κ3) is 3.07. The SMILES string of the molecule is CC1CC(C(=O)O)C(C(=O)N(C)CC2(N(C)C)CCC2)C1. The molecule has 0 aliphatic heterocycles. The van der Waals surface area contributed by atoms with Crippen molar-refractivity contribution in [3.63, 3.8) is 0 Å². The zero-order chi connectivity index (χ0) is 15.8. The van der Waals surface area contributed by atoms with Gasteiger partial charge in [-0.05, 0) is 52.1 Å². The van der Waals surface area contributed by atoms with Gasteiger partial charge in [-0.1, -0.05) is 6.92 Å². The first-order valence-corrected chi connectivity index (χ1v) is 7.92. The molecule has 0 spiro atoms. The topological polar surface area (TPSA) is 60.9 Å². The zero-order valence-corrected chi connectivity index (χ0v) is 13.6. The van der Waals surface area contributed by atoms with E-state index in [4.69, 9.17) is 0 Å². The van der Waals surface area contributed by atoms with Crippen molar-refractivity contribution in [1.82, 2.24) is 9.80 Å². The summed E-state index contributed by atoms with van der Waals surface area (Å²) in [6, 6.07) is 0. The van der Waals surface area contributed by atoms with Crippen molar-refractivity contribution >= 4 is 11.9 Å². The highest BCUT2D eigenvalue weighted by Crippen LogP contribution is 2.40. The second-order valence-electron chi connectivity index (χ2n) is 7.29. The average molecular weight is 296 g/mol. The molecular weight excluding hydrogens is 268 g/mol. The van der Waals surface area contributed by atoms with Gasteiger partial charge >= 0.3 is 5.97 Å². The highest BCUT2D eigenvalue weighted by molar-refractivity contribution is 5.85. The quantitative estimate of drug-likeness (QED) is 0.838. The number of rotatable bonds is 5. The van der Waals surface area contributed by atoms with Gasteiger partial charge in [-0.15, -0.1) is 0 Å². The standard InChI is InChI=1S/C16H28N2O3/c1-11-8-12(13(9-11)15(20)21)14(19)18(4)10-16(17(2)3)6-5-7-16/h11-13H,5-10H2,1-4H3,(H,20,21). The van der Waals surface area contributed by atoms with Crippen molar-refractivity contribution in [2.75, 3.05) is 27.7 Å². The van der Waals surface area contributed by atoms with E-state index in [2.05, 4.69) is 19.0 Å². The van der Waals surface area contributed by atoms with E-state index in [-0.39, 0.29) is 17.4 Å². The lowest BCUT2D eigenvalue weighted by Gasteiger charge is -2.49. The molecule has 0 aromatic rings. The molecule has 0 aromatic carbocycles. The molecule has 0 bridgehead atoms. The molecule has 2 saturated carbocycles. The van der Waals surface area contributed by atoms with Crippen LogP contribution in [0, 0.1) is 17.8 Å². The van der Waals surface area contributed by atoms with Crippen molar-refractivity contribution in [3.8, 4) is 0 Å². The van der Waals surface area contributed by atoms with Crippen LogP contribution in [0.5, 0.6) is 0 Å². The molecule has 3 unspecified atom stereocenters. The molecular formula is C16H28N2O3. The van der Waals surface area contributed by atoms with Crippen LogP contribution in [0.15, 0.2) is 0 Å². The van der Waals surface area contributed by atoms with E-state index in [1.54, 1.807) is 4.90 Å². The Hall–Kier alpha value is -1.10. The van der Waals surface area contributed by atoms with Gasteiger partial charge in [0.1, 0.15) is 0 Å². The third-order valence-corrected chi connectivity index (χ3v) is 5.57. The summed E-state index contributed by atoms with van der Waals surface area (Å²) in [6.07, 6.45) is 4.76. The smallest absolute Gasteiger partial charge is 0.307 e. The van der Waals surface area contributed by atoms with E-state index in [0.717, 1.165) is 12.8 Å². The Bertz CT molecular complexity index is 418. The zero-order valence-electron chi connectivity index (χ0n) is 13.6. The lowest BCUT2D eigenvalue weighted by molar-refractivity contribution is -0.149. The van der Waals surface area contributed by atoms with Gasteiger partial charge in [-0.25, -0.2) is 0 Å². The Kier molecular flexibility index (Phi) is 4.61. The molecule has 1 N–H and O–H groups in total. The molecule has 5 heteroatoms. The fraction of sp³-hybridized carbons (Fsp3) is 0.875. The number of carboxylic acids is 1. The van der Waals surface area contributed by atoms with Crippen LogP contribution in [-0.4, -0.2) is 60.0 Å². The fourth-order valence-electron chi connectivity index (χ4n) is 3.97. The van der Waals surface area contributed by atoms with Crippen molar-refractivity contribution in [3.05, 3.63) is 0 Å². The Balaban J connectivity index is 2.03. The molecule has 2 fully saturated rings. The molecule has 0 radical (unpaired) electrons. The Morgan fingerprint density at radius 1 is 1.14 bits per heavy atom. The Labute approximate surface area is 127 Å². The number of carbonyl (C=O) groups is 2. The summed E-state index contributed by atoms with van der Waals surface area (Å²) in [5.41, 5.74) is 0.0906. The second kappa shape index (κ2) is 5.95. The van der Waals surface area contributed by atoms with Crippen LogP contribution in [0.4, 0.5) is 0 Å². The molecule has 120 valence electrons. The van der Waals surface area contributed by atoms with Gasteiger partial charge in [0.15, 0.2) is 0 Å². The highest BCUT2D eigenvalue weighted by atomic mass is 16.4. The predicted octanol–water partition coefficient (Wildman–Crippen LogP) is 1.68. The molecule has 0 saturated heterocycles. The van der Waals surface area contributed by atoms with E-state index in [1.807, 2.05) is 14.0 Å². The summed E-state index contributed by atoms with van der Waals surface area (Å²) in [5, 5.41) is 9.33. The number of nitrogens with zero attached hydrogens (tertiary/aromatic N) is 2. The van der Waals surface area contributed by atoms with Gasteiger partial charge in [0.25, 0.3) is 0 Å². The Morgan fingerprint density at radius 3 is 2.14 bits per heavy atom. The normalized spacial score (nSPS) is 31.0. The summed E-state index contributed by atoms with van der Waals surface area (Å²) in [4.78, 5) is 28.0.